The Bertz CT molecular complexity index is 600. The Labute approximate surface area is 113 Å². The van der Waals surface area contributed by atoms with Gasteiger partial charge in [0.1, 0.15) is 6.04 Å². The predicted molar refractivity (Wildman–Crippen MR) is 65.5 cm³/mol. The summed E-state index contributed by atoms with van der Waals surface area (Å²) in [4.78, 5) is 21.0. The van der Waals surface area contributed by atoms with Gasteiger partial charge in [-0.2, -0.15) is 4.72 Å². The quantitative estimate of drug-likeness (QED) is 0.705. The second kappa shape index (κ2) is 6.00. The predicted octanol–water partition coefficient (Wildman–Crippen LogP) is 0.546. The highest BCUT2D eigenvalue weighted by molar-refractivity contribution is 7.89. The molecule has 0 spiro atoms. The van der Waals surface area contributed by atoms with Crippen molar-refractivity contribution in [3.8, 4) is 0 Å². The van der Waals surface area contributed by atoms with Gasteiger partial charge in [-0.25, -0.2) is 8.42 Å². The maximum atomic E-state index is 11.9. The molecule has 1 unspecified atom stereocenters. The van der Waals surface area contributed by atoms with E-state index in [2.05, 4.69) is 0 Å². The molecule has 0 aliphatic rings. The van der Waals surface area contributed by atoms with Gasteiger partial charge in [-0.1, -0.05) is 17.7 Å². The van der Waals surface area contributed by atoms with Crippen molar-refractivity contribution in [3.63, 3.8) is 0 Å². The summed E-state index contributed by atoms with van der Waals surface area (Å²) in [6.45, 7) is 0. The highest BCUT2D eigenvalue weighted by Crippen LogP contribution is 2.15. The summed E-state index contributed by atoms with van der Waals surface area (Å²) in [7, 11) is -4.15. The van der Waals surface area contributed by atoms with Crippen LogP contribution in [0.1, 0.15) is 6.42 Å². The number of halogens is 1. The Morgan fingerprint density at radius 1 is 1.32 bits per heavy atom. The molecule has 0 aliphatic carbocycles. The van der Waals surface area contributed by atoms with Gasteiger partial charge >= 0.3 is 11.9 Å². The van der Waals surface area contributed by atoms with Crippen LogP contribution in [-0.4, -0.2) is 36.6 Å². The molecule has 0 bridgehead atoms. The standard InChI is InChI=1S/C10H10ClNO6S/c11-6-2-1-3-7(4-6)19(17,18)12-8(10(15)16)5-9(13)14/h1-4,8,12H,5H2,(H,13,14)(H,15,16). The van der Waals surface area contributed by atoms with Crippen LogP contribution in [0, 0.1) is 0 Å². The first-order chi connectivity index (χ1) is 8.72. The van der Waals surface area contributed by atoms with E-state index in [0.29, 0.717) is 0 Å². The highest BCUT2D eigenvalue weighted by atomic mass is 35.5. The third-order valence-electron chi connectivity index (χ3n) is 2.08. The van der Waals surface area contributed by atoms with E-state index in [1.807, 2.05) is 0 Å². The van der Waals surface area contributed by atoms with Gasteiger partial charge in [0.2, 0.25) is 10.0 Å². The van der Waals surface area contributed by atoms with E-state index in [1.165, 1.54) is 18.2 Å². The molecule has 0 saturated carbocycles. The maximum Gasteiger partial charge on any atom is 0.322 e. The second-order valence-electron chi connectivity index (χ2n) is 3.57. The molecule has 0 heterocycles. The van der Waals surface area contributed by atoms with E-state index >= 15 is 0 Å². The van der Waals surface area contributed by atoms with Crippen molar-refractivity contribution in [2.75, 3.05) is 0 Å². The minimum atomic E-state index is -4.15. The van der Waals surface area contributed by atoms with Crippen LogP contribution in [-0.2, 0) is 19.6 Å². The first-order valence-corrected chi connectivity index (χ1v) is 6.81. The maximum absolute atomic E-state index is 11.9. The molecular weight excluding hydrogens is 298 g/mol. The van der Waals surface area contributed by atoms with E-state index in [1.54, 1.807) is 4.72 Å². The largest absolute Gasteiger partial charge is 0.481 e. The molecule has 0 aliphatic heterocycles. The van der Waals surface area contributed by atoms with Gasteiger partial charge in [0, 0.05) is 5.02 Å². The van der Waals surface area contributed by atoms with Gasteiger partial charge in [-0.3, -0.25) is 9.59 Å². The molecule has 7 nitrogen and oxygen atoms in total. The molecule has 0 saturated heterocycles. The zero-order chi connectivity index (χ0) is 14.6. The Hall–Kier alpha value is -1.64. The number of nitrogens with one attached hydrogen (secondary N) is 1. The Morgan fingerprint density at radius 2 is 1.95 bits per heavy atom. The van der Waals surface area contributed by atoms with Crippen LogP contribution in [0.25, 0.3) is 0 Å². The molecule has 0 aromatic heterocycles. The lowest BCUT2D eigenvalue weighted by Gasteiger charge is -2.12. The summed E-state index contributed by atoms with van der Waals surface area (Å²) < 4.78 is 25.5. The first kappa shape index (κ1) is 15.4. The fraction of sp³-hybridized carbons (Fsp3) is 0.200. The SMILES string of the molecule is O=C(O)CC(NS(=O)(=O)c1cccc(Cl)c1)C(=O)O. The van der Waals surface area contributed by atoms with Gasteiger partial charge < -0.3 is 10.2 Å². The number of hydrogen-bond acceptors (Lipinski definition) is 4. The summed E-state index contributed by atoms with van der Waals surface area (Å²) >= 11 is 5.63. The van der Waals surface area contributed by atoms with Crippen LogP contribution in [0.3, 0.4) is 0 Å². The fourth-order valence-electron chi connectivity index (χ4n) is 1.24. The minimum Gasteiger partial charge on any atom is -0.481 e. The number of hydrogen-bond donors (Lipinski definition) is 3. The first-order valence-electron chi connectivity index (χ1n) is 4.95. The van der Waals surface area contributed by atoms with E-state index in [9.17, 15) is 18.0 Å². The minimum absolute atomic E-state index is 0.160. The zero-order valence-electron chi connectivity index (χ0n) is 9.41. The van der Waals surface area contributed by atoms with Gasteiger partial charge in [0.15, 0.2) is 0 Å². The zero-order valence-corrected chi connectivity index (χ0v) is 11.0. The third kappa shape index (κ3) is 4.51. The lowest BCUT2D eigenvalue weighted by Crippen LogP contribution is -2.42. The molecule has 1 rings (SSSR count). The smallest absolute Gasteiger partial charge is 0.322 e. The molecule has 0 radical (unpaired) electrons. The number of carboxylic acids is 2. The number of rotatable bonds is 6. The molecule has 0 fully saturated rings. The summed E-state index contributed by atoms with van der Waals surface area (Å²) in [5, 5.41) is 17.5. The number of sulfonamides is 1. The van der Waals surface area contributed by atoms with E-state index in [0.717, 1.165) is 6.07 Å². The normalized spacial score (nSPS) is 12.9. The summed E-state index contributed by atoms with van der Waals surface area (Å²) in [5.74, 6) is -3.01. The fourth-order valence-corrected chi connectivity index (χ4v) is 2.73. The van der Waals surface area contributed by atoms with Crippen LogP contribution in [0.5, 0.6) is 0 Å². The molecule has 3 N–H and O–H groups in total. The van der Waals surface area contributed by atoms with Crippen molar-refractivity contribution in [1.82, 2.24) is 4.72 Å². The van der Waals surface area contributed by atoms with Gasteiger partial charge in [0.25, 0.3) is 0 Å². The summed E-state index contributed by atoms with van der Waals surface area (Å²) in [5.41, 5.74) is 0. The highest BCUT2D eigenvalue weighted by Gasteiger charge is 2.27. The summed E-state index contributed by atoms with van der Waals surface area (Å²) in [6.07, 6.45) is -0.866. The van der Waals surface area contributed by atoms with Gasteiger partial charge in [-0.05, 0) is 18.2 Å². The molecule has 1 aromatic carbocycles. The average molecular weight is 308 g/mol. The van der Waals surface area contributed by atoms with Crippen molar-refractivity contribution >= 4 is 33.6 Å². The second-order valence-corrected chi connectivity index (χ2v) is 5.72. The van der Waals surface area contributed by atoms with Crippen molar-refractivity contribution < 1.29 is 28.2 Å². The Balaban J connectivity index is 3.00. The van der Waals surface area contributed by atoms with Crippen LogP contribution in [0.2, 0.25) is 5.02 Å². The molecule has 1 aromatic rings. The topological polar surface area (TPSA) is 121 Å². The molecule has 104 valence electrons. The van der Waals surface area contributed by atoms with Crippen molar-refractivity contribution in [2.24, 2.45) is 0 Å². The van der Waals surface area contributed by atoms with Crippen LogP contribution in [0.4, 0.5) is 0 Å². The van der Waals surface area contributed by atoms with E-state index < -0.39 is 34.4 Å². The molecule has 1 atom stereocenters. The number of aliphatic carboxylic acids is 2. The van der Waals surface area contributed by atoms with Crippen molar-refractivity contribution in [2.45, 2.75) is 17.4 Å². The Kier molecular flexibility index (Phi) is 4.87. The monoisotopic (exact) mass is 307 g/mol. The van der Waals surface area contributed by atoms with E-state index in [-0.39, 0.29) is 9.92 Å². The van der Waals surface area contributed by atoms with E-state index in [4.69, 9.17) is 21.8 Å². The van der Waals surface area contributed by atoms with Crippen LogP contribution >= 0.6 is 11.6 Å². The third-order valence-corrected chi connectivity index (χ3v) is 3.79. The van der Waals surface area contributed by atoms with Crippen molar-refractivity contribution in [3.05, 3.63) is 29.3 Å². The van der Waals surface area contributed by atoms with Gasteiger partial charge in [-0.15, -0.1) is 0 Å². The van der Waals surface area contributed by atoms with Crippen molar-refractivity contribution in [1.29, 1.82) is 0 Å². The van der Waals surface area contributed by atoms with Gasteiger partial charge in [0.05, 0.1) is 11.3 Å². The molecule has 19 heavy (non-hydrogen) atoms. The summed E-state index contributed by atoms with van der Waals surface area (Å²) in [6, 6.07) is 3.43. The number of carbonyl (C=O) groups is 2. The number of carboxylic acid groups (broad SMARTS) is 2. The Morgan fingerprint density at radius 3 is 2.42 bits per heavy atom. The van der Waals surface area contributed by atoms with Crippen LogP contribution in [0.15, 0.2) is 29.2 Å². The molecular formula is C10H10ClNO6S. The number of benzene rings is 1. The lowest BCUT2D eigenvalue weighted by atomic mass is 10.2. The average Bonchev–Trinajstić information content (AvgIpc) is 2.27. The van der Waals surface area contributed by atoms with Crippen LogP contribution < -0.4 is 4.72 Å². The molecule has 0 amide bonds. The molecule has 9 heteroatoms. The lowest BCUT2D eigenvalue weighted by molar-refractivity contribution is -0.145.